The van der Waals surface area contributed by atoms with Gasteiger partial charge in [0.05, 0.1) is 18.8 Å². The maximum Gasteiger partial charge on any atom is 0.335 e. The molecular weight excluding hydrogens is 250 g/mol. The summed E-state index contributed by atoms with van der Waals surface area (Å²) in [5.74, 6) is 0.145. The van der Waals surface area contributed by atoms with E-state index in [9.17, 15) is 4.79 Å². The lowest BCUT2D eigenvalue weighted by molar-refractivity contribution is 0.0410. The lowest BCUT2D eigenvalue weighted by Gasteiger charge is -2.26. The van der Waals surface area contributed by atoms with E-state index in [1.807, 2.05) is 12.1 Å². The molecule has 0 radical (unpaired) electrons. The van der Waals surface area contributed by atoms with Crippen LogP contribution >= 0.6 is 11.8 Å². The number of carbonyl (C=O) groups is 1. The van der Waals surface area contributed by atoms with Crippen molar-refractivity contribution in [2.24, 2.45) is 0 Å². The molecule has 0 atom stereocenters. The van der Waals surface area contributed by atoms with Crippen LogP contribution in [0.15, 0.2) is 29.2 Å². The second kappa shape index (κ2) is 6.78. The molecule has 0 aliphatic carbocycles. The third-order valence-electron chi connectivity index (χ3n) is 2.88. The van der Waals surface area contributed by atoms with E-state index in [0.29, 0.717) is 5.56 Å². The maximum absolute atomic E-state index is 10.7. The predicted molar refractivity (Wildman–Crippen MR) is 71.4 cm³/mol. The van der Waals surface area contributed by atoms with E-state index in [1.54, 1.807) is 23.9 Å². The van der Waals surface area contributed by atoms with Crippen LogP contribution in [0.25, 0.3) is 0 Å². The molecule has 1 aromatic carbocycles. The highest BCUT2D eigenvalue weighted by Crippen LogP contribution is 2.18. The minimum atomic E-state index is -0.875. The zero-order valence-corrected chi connectivity index (χ0v) is 11.0. The van der Waals surface area contributed by atoms with Crippen LogP contribution < -0.4 is 0 Å². The monoisotopic (exact) mass is 267 g/mol. The molecular formula is C13H17NO3S. The molecule has 1 aromatic rings. The van der Waals surface area contributed by atoms with E-state index in [-0.39, 0.29) is 0 Å². The molecule has 1 aliphatic heterocycles. The van der Waals surface area contributed by atoms with Crippen LogP contribution in [0.1, 0.15) is 10.4 Å². The summed E-state index contributed by atoms with van der Waals surface area (Å²) >= 11 is 1.76. The molecule has 0 amide bonds. The van der Waals surface area contributed by atoms with Crippen molar-refractivity contribution in [1.82, 2.24) is 4.90 Å². The molecule has 0 spiro atoms. The third kappa shape index (κ3) is 4.01. The normalized spacial score (nSPS) is 16.7. The minimum absolute atomic E-state index is 0.340. The summed E-state index contributed by atoms with van der Waals surface area (Å²) in [5.41, 5.74) is 0.340. The van der Waals surface area contributed by atoms with Crippen LogP contribution in [0.3, 0.4) is 0 Å². The topological polar surface area (TPSA) is 49.8 Å². The Morgan fingerprint density at radius 2 is 1.94 bits per heavy atom. The molecule has 1 N–H and O–H groups in total. The second-order valence-corrected chi connectivity index (χ2v) is 5.30. The van der Waals surface area contributed by atoms with Gasteiger partial charge in [0.25, 0.3) is 0 Å². The summed E-state index contributed by atoms with van der Waals surface area (Å²) in [6.45, 7) is 4.74. The van der Waals surface area contributed by atoms with Crippen LogP contribution in [0.5, 0.6) is 0 Å². The summed E-state index contributed by atoms with van der Waals surface area (Å²) < 4.78 is 5.30. The van der Waals surface area contributed by atoms with Gasteiger partial charge in [-0.15, -0.1) is 11.8 Å². The van der Waals surface area contributed by atoms with E-state index in [0.717, 1.165) is 43.5 Å². The number of hydrogen-bond donors (Lipinski definition) is 1. The summed E-state index contributed by atoms with van der Waals surface area (Å²) in [6.07, 6.45) is 0. The number of thioether (sulfide) groups is 1. The lowest BCUT2D eigenvalue weighted by atomic mass is 10.2. The summed E-state index contributed by atoms with van der Waals surface area (Å²) in [5, 5.41) is 8.80. The molecule has 4 nitrogen and oxygen atoms in total. The highest BCUT2D eigenvalue weighted by molar-refractivity contribution is 7.99. The molecule has 98 valence electrons. The molecule has 0 saturated carbocycles. The Morgan fingerprint density at radius 3 is 2.56 bits per heavy atom. The first-order valence-electron chi connectivity index (χ1n) is 6.02. The number of rotatable bonds is 5. The molecule has 18 heavy (non-hydrogen) atoms. The fourth-order valence-electron chi connectivity index (χ4n) is 1.81. The molecule has 1 heterocycles. The zero-order valence-electron chi connectivity index (χ0n) is 10.2. The van der Waals surface area contributed by atoms with E-state index < -0.39 is 5.97 Å². The fourth-order valence-corrected chi connectivity index (χ4v) is 2.72. The molecule has 0 bridgehead atoms. The van der Waals surface area contributed by atoms with E-state index in [2.05, 4.69) is 4.90 Å². The van der Waals surface area contributed by atoms with Crippen LogP contribution in [-0.4, -0.2) is 54.6 Å². The Kier molecular flexibility index (Phi) is 5.04. The number of nitrogens with zero attached hydrogens (tertiary/aromatic N) is 1. The van der Waals surface area contributed by atoms with Gasteiger partial charge in [-0.25, -0.2) is 4.79 Å². The minimum Gasteiger partial charge on any atom is -0.478 e. The third-order valence-corrected chi connectivity index (χ3v) is 3.87. The highest BCUT2D eigenvalue weighted by atomic mass is 32.2. The van der Waals surface area contributed by atoms with Gasteiger partial charge in [0.2, 0.25) is 0 Å². The first kappa shape index (κ1) is 13.4. The van der Waals surface area contributed by atoms with Crippen molar-refractivity contribution in [2.45, 2.75) is 4.90 Å². The average molecular weight is 267 g/mol. The molecule has 1 saturated heterocycles. The number of carboxylic acid groups (broad SMARTS) is 1. The Bertz CT molecular complexity index is 388. The van der Waals surface area contributed by atoms with Crippen molar-refractivity contribution in [3.05, 3.63) is 29.8 Å². The first-order valence-corrected chi connectivity index (χ1v) is 7.00. The molecule has 2 rings (SSSR count). The summed E-state index contributed by atoms with van der Waals surface area (Å²) in [4.78, 5) is 14.2. The van der Waals surface area contributed by atoms with E-state index in [4.69, 9.17) is 9.84 Å². The molecule has 1 aliphatic rings. The number of hydrogen-bond acceptors (Lipinski definition) is 4. The molecule has 5 heteroatoms. The SMILES string of the molecule is O=C(O)c1ccc(SCCN2CCOCC2)cc1. The van der Waals surface area contributed by atoms with Crippen LogP contribution in [0.2, 0.25) is 0 Å². The van der Waals surface area contributed by atoms with Crippen LogP contribution in [0.4, 0.5) is 0 Å². The molecule has 0 aromatic heterocycles. The van der Waals surface area contributed by atoms with Crippen LogP contribution in [0, 0.1) is 0 Å². The van der Waals surface area contributed by atoms with Gasteiger partial charge in [-0.05, 0) is 24.3 Å². The van der Waals surface area contributed by atoms with Crippen molar-refractivity contribution in [3.8, 4) is 0 Å². The number of carboxylic acids is 1. The standard InChI is InChI=1S/C13H17NO3S/c15-13(16)11-1-3-12(4-2-11)18-10-7-14-5-8-17-9-6-14/h1-4H,5-10H2,(H,15,16). The predicted octanol–water partition coefficient (Wildman–Crippen LogP) is 1.81. The summed E-state index contributed by atoms with van der Waals surface area (Å²) in [6, 6.07) is 7.04. The van der Waals surface area contributed by atoms with E-state index in [1.165, 1.54) is 0 Å². The zero-order chi connectivity index (χ0) is 12.8. The smallest absolute Gasteiger partial charge is 0.335 e. The number of ether oxygens (including phenoxy) is 1. The fraction of sp³-hybridized carbons (Fsp3) is 0.462. The van der Waals surface area contributed by atoms with Gasteiger partial charge in [-0.1, -0.05) is 0 Å². The van der Waals surface area contributed by atoms with Gasteiger partial charge >= 0.3 is 5.97 Å². The Morgan fingerprint density at radius 1 is 1.28 bits per heavy atom. The van der Waals surface area contributed by atoms with Crippen molar-refractivity contribution in [3.63, 3.8) is 0 Å². The number of morpholine rings is 1. The van der Waals surface area contributed by atoms with E-state index >= 15 is 0 Å². The first-order chi connectivity index (χ1) is 8.75. The Labute approximate surface area is 111 Å². The second-order valence-electron chi connectivity index (χ2n) is 4.13. The number of benzene rings is 1. The van der Waals surface area contributed by atoms with Crippen molar-refractivity contribution in [1.29, 1.82) is 0 Å². The molecule has 0 unspecified atom stereocenters. The van der Waals surface area contributed by atoms with Crippen LogP contribution in [-0.2, 0) is 4.74 Å². The van der Waals surface area contributed by atoms with Gasteiger partial charge in [0, 0.05) is 30.3 Å². The Balaban J connectivity index is 1.74. The number of aromatic carboxylic acids is 1. The quantitative estimate of drug-likeness (QED) is 0.825. The van der Waals surface area contributed by atoms with Gasteiger partial charge in [-0.2, -0.15) is 0 Å². The largest absolute Gasteiger partial charge is 0.478 e. The molecule has 1 fully saturated rings. The lowest BCUT2D eigenvalue weighted by Crippen LogP contribution is -2.37. The van der Waals surface area contributed by atoms with Gasteiger partial charge < -0.3 is 9.84 Å². The highest BCUT2D eigenvalue weighted by Gasteiger charge is 2.09. The Hall–Kier alpha value is -1.04. The van der Waals surface area contributed by atoms with Gasteiger partial charge in [0.1, 0.15) is 0 Å². The average Bonchev–Trinajstić information content (AvgIpc) is 2.40. The summed E-state index contributed by atoms with van der Waals surface area (Å²) in [7, 11) is 0. The van der Waals surface area contributed by atoms with Gasteiger partial charge in [0.15, 0.2) is 0 Å². The maximum atomic E-state index is 10.7. The van der Waals surface area contributed by atoms with Gasteiger partial charge in [-0.3, -0.25) is 4.90 Å². The van der Waals surface area contributed by atoms with Crippen molar-refractivity contribution in [2.75, 3.05) is 38.6 Å². The van der Waals surface area contributed by atoms with Crippen molar-refractivity contribution < 1.29 is 14.6 Å². The van der Waals surface area contributed by atoms with Crippen molar-refractivity contribution >= 4 is 17.7 Å².